The zero-order chi connectivity index (χ0) is 14.1. The summed E-state index contributed by atoms with van der Waals surface area (Å²) in [7, 11) is -0.708. The maximum atomic E-state index is 6.38. The van der Waals surface area contributed by atoms with Gasteiger partial charge in [0, 0.05) is 26.2 Å². The molecule has 0 aromatic heterocycles. The predicted molar refractivity (Wildman–Crippen MR) is 85.3 cm³/mol. The van der Waals surface area contributed by atoms with Gasteiger partial charge in [0.1, 0.15) is 5.69 Å². The van der Waals surface area contributed by atoms with Crippen LogP contribution in [0.25, 0.3) is 0 Å². The van der Waals surface area contributed by atoms with Crippen LogP contribution in [0.1, 0.15) is 25.7 Å². The Morgan fingerprint density at radius 1 is 0.905 bits per heavy atom. The van der Waals surface area contributed by atoms with Gasteiger partial charge in [0.2, 0.25) is 8.45 Å². The molecule has 3 aliphatic heterocycles. The standard InChI is InChI=1S/C14H22N5OP/c1-2-8-14-13(7-1)15-16-19(14)20-21(17-9-3-4-10-17)18-11-5-6-12-18/h1-2,7-8,15-16H,3-6,9-12H2. The van der Waals surface area contributed by atoms with E-state index >= 15 is 0 Å². The summed E-state index contributed by atoms with van der Waals surface area (Å²) in [5, 5.41) is 1.80. The van der Waals surface area contributed by atoms with E-state index in [2.05, 4.69) is 32.4 Å². The van der Waals surface area contributed by atoms with Gasteiger partial charge in [-0.1, -0.05) is 12.1 Å². The molecule has 4 rings (SSSR count). The lowest BCUT2D eigenvalue weighted by atomic mass is 10.3. The molecule has 6 nitrogen and oxygen atoms in total. The highest BCUT2D eigenvalue weighted by Gasteiger charge is 2.35. The summed E-state index contributed by atoms with van der Waals surface area (Å²) in [6.07, 6.45) is 5.16. The van der Waals surface area contributed by atoms with Crippen molar-refractivity contribution >= 4 is 19.8 Å². The highest BCUT2D eigenvalue weighted by Crippen LogP contribution is 2.50. The molecule has 0 spiro atoms. The number of hydrazine groups is 2. The molecule has 0 aliphatic carbocycles. The van der Waals surface area contributed by atoms with Crippen molar-refractivity contribution in [1.82, 2.24) is 14.9 Å². The minimum Gasteiger partial charge on any atom is -0.300 e. The molecule has 3 aliphatic rings. The Hall–Kier alpha value is -0.910. The lowest BCUT2D eigenvalue weighted by molar-refractivity contribution is 0.231. The molecule has 0 amide bonds. The van der Waals surface area contributed by atoms with Crippen LogP contribution in [-0.2, 0) is 4.62 Å². The number of rotatable bonds is 4. The van der Waals surface area contributed by atoms with E-state index in [1.165, 1.54) is 25.7 Å². The summed E-state index contributed by atoms with van der Waals surface area (Å²) in [5.74, 6) is 0. The Labute approximate surface area is 126 Å². The Morgan fingerprint density at radius 3 is 2.19 bits per heavy atom. The third kappa shape index (κ3) is 2.74. The molecule has 7 heteroatoms. The van der Waals surface area contributed by atoms with Gasteiger partial charge in [-0.05, 0) is 37.8 Å². The molecule has 2 fully saturated rings. The zero-order valence-electron chi connectivity index (χ0n) is 12.2. The lowest BCUT2D eigenvalue weighted by Crippen LogP contribution is -2.38. The smallest absolute Gasteiger partial charge is 0.218 e. The van der Waals surface area contributed by atoms with Crippen LogP contribution < -0.4 is 16.1 Å². The minimum absolute atomic E-state index is 0.708. The van der Waals surface area contributed by atoms with Crippen molar-refractivity contribution in [2.75, 3.05) is 36.8 Å². The second-order valence-corrected chi connectivity index (χ2v) is 7.50. The van der Waals surface area contributed by atoms with Crippen LogP contribution in [0.5, 0.6) is 0 Å². The first kappa shape index (κ1) is 13.7. The largest absolute Gasteiger partial charge is 0.300 e. The van der Waals surface area contributed by atoms with E-state index in [1.807, 2.05) is 12.1 Å². The number of para-hydroxylation sites is 2. The second kappa shape index (κ2) is 6.07. The van der Waals surface area contributed by atoms with E-state index in [-0.39, 0.29) is 0 Å². The summed E-state index contributed by atoms with van der Waals surface area (Å²) in [6.45, 7) is 4.63. The number of nitrogens with zero attached hydrogens (tertiary/aromatic N) is 3. The number of fused-ring (bicyclic) bond motifs is 1. The van der Waals surface area contributed by atoms with Gasteiger partial charge in [-0.2, -0.15) is 5.17 Å². The molecular formula is C14H22N5OP. The first-order valence-electron chi connectivity index (χ1n) is 7.80. The molecule has 1 aromatic carbocycles. The molecule has 21 heavy (non-hydrogen) atoms. The third-order valence-electron chi connectivity index (χ3n) is 4.22. The van der Waals surface area contributed by atoms with Crippen LogP contribution in [-0.4, -0.2) is 35.5 Å². The monoisotopic (exact) mass is 307 g/mol. The van der Waals surface area contributed by atoms with Gasteiger partial charge < -0.3 is 0 Å². The Morgan fingerprint density at radius 2 is 1.52 bits per heavy atom. The number of hydrogen-bond acceptors (Lipinski definition) is 6. The second-order valence-electron chi connectivity index (χ2n) is 5.70. The Kier molecular flexibility index (Phi) is 3.97. The van der Waals surface area contributed by atoms with Crippen molar-refractivity contribution in [1.29, 1.82) is 0 Å². The van der Waals surface area contributed by atoms with Crippen LogP contribution in [0.15, 0.2) is 24.3 Å². The van der Waals surface area contributed by atoms with Gasteiger partial charge in [-0.3, -0.25) is 5.43 Å². The number of anilines is 2. The fraction of sp³-hybridized carbons (Fsp3) is 0.571. The minimum atomic E-state index is -0.708. The van der Waals surface area contributed by atoms with Crippen molar-refractivity contribution in [3.63, 3.8) is 0 Å². The molecule has 0 radical (unpaired) electrons. The fourth-order valence-electron chi connectivity index (χ4n) is 3.09. The molecule has 2 saturated heterocycles. The maximum Gasteiger partial charge on any atom is 0.218 e. The number of hydrogen-bond donors (Lipinski definition) is 2. The average molecular weight is 307 g/mol. The van der Waals surface area contributed by atoms with Gasteiger partial charge in [0.25, 0.3) is 0 Å². The van der Waals surface area contributed by atoms with E-state index in [0.717, 1.165) is 37.6 Å². The van der Waals surface area contributed by atoms with Crippen LogP contribution >= 0.6 is 8.45 Å². The zero-order valence-corrected chi connectivity index (χ0v) is 13.1. The van der Waals surface area contributed by atoms with Gasteiger partial charge in [0.15, 0.2) is 0 Å². The van der Waals surface area contributed by atoms with Crippen LogP contribution in [0, 0.1) is 0 Å². The van der Waals surface area contributed by atoms with E-state index in [9.17, 15) is 0 Å². The SMILES string of the molecule is c1ccc2c(c1)NNN2OP(N1CCCC1)N1CCCC1. The maximum absolute atomic E-state index is 6.38. The first-order valence-corrected chi connectivity index (χ1v) is 8.97. The van der Waals surface area contributed by atoms with E-state index in [4.69, 9.17) is 4.62 Å². The van der Waals surface area contributed by atoms with Gasteiger partial charge in [0.05, 0.1) is 5.69 Å². The molecular weight excluding hydrogens is 285 g/mol. The van der Waals surface area contributed by atoms with Crippen molar-refractivity contribution < 1.29 is 4.62 Å². The molecule has 0 unspecified atom stereocenters. The molecule has 2 N–H and O–H groups in total. The third-order valence-corrected chi connectivity index (χ3v) is 6.30. The fourth-order valence-corrected chi connectivity index (χ4v) is 5.18. The normalized spacial score (nSPS) is 23.0. The summed E-state index contributed by atoms with van der Waals surface area (Å²) >= 11 is 0. The van der Waals surface area contributed by atoms with Crippen LogP contribution in [0.3, 0.4) is 0 Å². The van der Waals surface area contributed by atoms with E-state index in [1.54, 1.807) is 5.17 Å². The predicted octanol–water partition coefficient (Wildman–Crippen LogP) is 2.69. The molecule has 3 heterocycles. The van der Waals surface area contributed by atoms with Crippen molar-refractivity contribution in [3.8, 4) is 0 Å². The van der Waals surface area contributed by atoms with Crippen molar-refractivity contribution in [3.05, 3.63) is 24.3 Å². The average Bonchev–Trinajstić information content (AvgIpc) is 3.26. The Bertz CT molecular complexity index is 474. The van der Waals surface area contributed by atoms with Gasteiger partial charge in [-0.25, -0.2) is 14.0 Å². The lowest BCUT2D eigenvalue weighted by Gasteiger charge is -2.35. The summed E-state index contributed by atoms with van der Waals surface area (Å²) in [4.78, 5) is 0. The number of nitrogens with one attached hydrogen (secondary N) is 2. The van der Waals surface area contributed by atoms with E-state index in [0.29, 0.717) is 0 Å². The molecule has 0 saturated carbocycles. The van der Waals surface area contributed by atoms with Gasteiger partial charge >= 0.3 is 0 Å². The Balaban J connectivity index is 1.51. The van der Waals surface area contributed by atoms with Gasteiger partial charge in [-0.15, -0.1) is 5.53 Å². The highest BCUT2D eigenvalue weighted by molar-refractivity contribution is 7.47. The van der Waals surface area contributed by atoms with E-state index < -0.39 is 8.45 Å². The van der Waals surface area contributed by atoms with Crippen molar-refractivity contribution in [2.24, 2.45) is 0 Å². The highest BCUT2D eigenvalue weighted by atomic mass is 31.2. The molecule has 114 valence electrons. The summed E-state index contributed by atoms with van der Waals surface area (Å²) < 4.78 is 11.4. The molecule has 0 atom stereocenters. The molecule has 0 bridgehead atoms. The number of benzene rings is 1. The molecule has 1 aromatic rings. The summed E-state index contributed by atoms with van der Waals surface area (Å²) in [6, 6.07) is 8.20. The van der Waals surface area contributed by atoms with Crippen molar-refractivity contribution in [2.45, 2.75) is 25.7 Å². The summed E-state index contributed by atoms with van der Waals surface area (Å²) in [5.41, 5.74) is 8.41. The first-order chi connectivity index (χ1) is 10.4. The van der Waals surface area contributed by atoms with Crippen LogP contribution in [0.4, 0.5) is 11.4 Å². The van der Waals surface area contributed by atoms with Crippen LogP contribution in [0.2, 0.25) is 0 Å². The quantitative estimate of drug-likeness (QED) is 0.834. The topological polar surface area (TPSA) is 43.0 Å².